The largest absolute Gasteiger partial charge is 0.543 e. The SMILES string of the molecule is CCOC(=O)[C@@H](Cc1cc(O[Si](C)(C)C(C)(C)C)ccc1O)OC(=O)c1ccccc1. The molecule has 0 saturated carbocycles. The highest BCUT2D eigenvalue weighted by molar-refractivity contribution is 6.74. The van der Waals surface area contributed by atoms with Gasteiger partial charge in [-0.25, -0.2) is 9.59 Å². The summed E-state index contributed by atoms with van der Waals surface area (Å²) in [7, 11) is -2.09. The molecule has 0 aliphatic rings. The van der Waals surface area contributed by atoms with Gasteiger partial charge in [-0.2, -0.15) is 0 Å². The molecule has 0 heterocycles. The Bertz CT molecular complexity index is 902. The molecule has 0 radical (unpaired) electrons. The van der Waals surface area contributed by atoms with Crippen LogP contribution >= 0.6 is 0 Å². The highest BCUT2D eigenvalue weighted by atomic mass is 28.4. The summed E-state index contributed by atoms with van der Waals surface area (Å²) < 4.78 is 16.8. The number of phenolic OH excluding ortho intramolecular Hbond substituents is 1. The molecule has 0 aliphatic carbocycles. The molecule has 0 bridgehead atoms. The number of esters is 2. The van der Waals surface area contributed by atoms with E-state index in [9.17, 15) is 14.7 Å². The van der Waals surface area contributed by atoms with Gasteiger partial charge in [-0.05, 0) is 55.4 Å². The molecule has 0 unspecified atom stereocenters. The fraction of sp³-hybridized carbons (Fsp3) is 0.417. The lowest BCUT2D eigenvalue weighted by Gasteiger charge is -2.36. The standard InChI is InChI=1S/C24H32O6Si/c1-7-28-23(27)21(29-22(26)17-11-9-8-10-12-17)16-18-15-19(13-14-20(18)25)30-31(5,6)24(2,3)4/h8-15,21,25H,7,16H2,1-6H3/t21-/m1/s1. The van der Waals surface area contributed by atoms with Crippen LogP contribution in [0.3, 0.4) is 0 Å². The van der Waals surface area contributed by atoms with E-state index in [0.29, 0.717) is 16.9 Å². The predicted molar refractivity (Wildman–Crippen MR) is 122 cm³/mol. The first-order valence-electron chi connectivity index (χ1n) is 10.4. The Kier molecular flexibility index (Phi) is 7.89. The number of hydrogen-bond donors (Lipinski definition) is 1. The van der Waals surface area contributed by atoms with Crippen molar-refractivity contribution < 1.29 is 28.6 Å². The molecule has 0 saturated heterocycles. The molecule has 0 aromatic heterocycles. The molecule has 7 heteroatoms. The second-order valence-electron chi connectivity index (χ2n) is 8.87. The van der Waals surface area contributed by atoms with Crippen molar-refractivity contribution in [3.05, 3.63) is 59.7 Å². The van der Waals surface area contributed by atoms with Crippen LogP contribution in [-0.2, 0) is 20.7 Å². The maximum Gasteiger partial charge on any atom is 0.347 e. The van der Waals surface area contributed by atoms with Crippen LogP contribution in [-0.4, -0.2) is 38.1 Å². The zero-order valence-electron chi connectivity index (χ0n) is 19.1. The van der Waals surface area contributed by atoms with E-state index >= 15 is 0 Å². The number of carbonyl (C=O) groups is 2. The van der Waals surface area contributed by atoms with Gasteiger partial charge >= 0.3 is 11.9 Å². The first-order valence-corrected chi connectivity index (χ1v) is 13.3. The van der Waals surface area contributed by atoms with E-state index in [2.05, 4.69) is 33.9 Å². The molecule has 1 atom stereocenters. The molecule has 168 valence electrons. The van der Waals surface area contributed by atoms with Crippen LogP contribution in [0.15, 0.2) is 48.5 Å². The Morgan fingerprint density at radius 2 is 1.71 bits per heavy atom. The van der Waals surface area contributed by atoms with Crippen LogP contribution in [0.2, 0.25) is 18.1 Å². The van der Waals surface area contributed by atoms with Gasteiger partial charge in [0.25, 0.3) is 0 Å². The van der Waals surface area contributed by atoms with Gasteiger partial charge in [0, 0.05) is 12.0 Å². The highest BCUT2D eigenvalue weighted by Crippen LogP contribution is 2.38. The summed E-state index contributed by atoms with van der Waals surface area (Å²) >= 11 is 0. The third-order valence-corrected chi connectivity index (χ3v) is 9.80. The summed E-state index contributed by atoms with van der Waals surface area (Å²) in [4.78, 5) is 25.0. The van der Waals surface area contributed by atoms with Crippen molar-refractivity contribution in [3.63, 3.8) is 0 Å². The molecular formula is C24H32O6Si. The third kappa shape index (κ3) is 6.59. The van der Waals surface area contributed by atoms with Crippen molar-refractivity contribution >= 4 is 20.3 Å². The monoisotopic (exact) mass is 444 g/mol. The van der Waals surface area contributed by atoms with Crippen molar-refractivity contribution in [3.8, 4) is 11.5 Å². The van der Waals surface area contributed by atoms with Gasteiger partial charge in [0.2, 0.25) is 14.4 Å². The Morgan fingerprint density at radius 3 is 2.29 bits per heavy atom. The Morgan fingerprint density at radius 1 is 1.06 bits per heavy atom. The summed E-state index contributed by atoms with van der Waals surface area (Å²) in [5.41, 5.74) is 0.770. The second kappa shape index (κ2) is 10.0. The van der Waals surface area contributed by atoms with Gasteiger partial charge in [-0.1, -0.05) is 39.0 Å². The van der Waals surface area contributed by atoms with E-state index in [-0.39, 0.29) is 23.8 Å². The lowest BCUT2D eigenvalue weighted by molar-refractivity contribution is -0.153. The van der Waals surface area contributed by atoms with Crippen molar-refractivity contribution in [1.82, 2.24) is 0 Å². The topological polar surface area (TPSA) is 82.1 Å². The average Bonchev–Trinajstić information content (AvgIpc) is 2.69. The molecule has 2 rings (SSSR count). The minimum Gasteiger partial charge on any atom is -0.543 e. The Balaban J connectivity index is 2.27. The van der Waals surface area contributed by atoms with Crippen molar-refractivity contribution in [2.45, 2.75) is 58.4 Å². The van der Waals surface area contributed by atoms with Crippen molar-refractivity contribution in [2.75, 3.05) is 6.61 Å². The predicted octanol–water partition coefficient (Wildman–Crippen LogP) is 5.11. The highest BCUT2D eigenvalue weighted by Gasteiger charge is 2.39. The first kappa shape index (κ1) is 24.5. The zero-order valence-corrected chi connectivity index (χ0v) is 20.1. The van der Waals surface area contributed by atoms with Crippen LogP contribution in [0.25, 0.3) is 0 Å². The molecular weight excluding hydrogens is 412 g/mol. The number of ether oxygens (including phenoxy) is 2. The number of carbonyl (C=O) groups excluding carboxylic acids is 2. The van der Waals surface area contributed by atoms with E-state index < -0.39 is 26.4 Å². The fourth-order valence-electron chi connectivity index (χ4n) is 2.62. The van der Waals surface area contributed by atoms with Crippen molar-refractivity contribution in [1.29, 1.82) is 0 Å². The summed E-state index contributed by atoms with van der Waals surface area (Å²) in [5, 5.41) is 10.4. The maximum atomic E-state index is 12.5. The van der Waals surface area contributed by atoms with E-state index in [1.54, 1.807) is 49.4 Å². The molecule has 0 aliphatic heterocycles. The van der Waals surface area contributed by atoms with Gasteiger partial charge in [-0.15, -0.1) is 0 Å². The second-order valence-corrected chi connectivity index (χ2v) is 13.6. The molecule has 2 aromatic rings. The third-order valence-electron chi connectivity index (χ3n) is 5.44. The van der Waals surface area contributed by atoms with Crippen molar-refractivity contribution in [2.24, 2.45) is 0 Å². The minimum atomic E-state index is -2.09. The molecule has 0 spiro atoms. The number of rotatable bonds is 8. The smallest absolute Gasteiger partial charge is 0.347 e. The van der Waals surface area contributed by atoms with Gasteiger partial charge in [0.15, 0.2) is 0 Å². The quantitative estimate of drug-likeness (QED) is 0.450. The lowest BCUT2D eigenvalue weighted by Crippen LogP contribution is -2.43. The molecule has 0 amide bonds. The molecule has 0 fully saturated rings. The van der Waals surface area contributed by atoms with Crippen LogP contribution in [0.4, 0.5) is 0 Å². The number of aromatic hydroxyl groups is 1. The molecule has 2 aromatic carbocycles. The molecule has 31 heavy (non-hydrogen) atoms. The van der Waals surface area contributed by atoms with Gasteiger partial charge in [0.05, 0.1) is 12.2 Å². The van der Waals surface area contributed by atoms with E-state index in [1.807, 2.05) is 0 Å². The number of phenols is 1. The van der Waals surface area contributed by atoms with Crippen LogP contribution in [0.1, 0.15) is 43.6 Å². The maximum absolute atomic E-state index is 12.5. The summed E-state index contributed by atoms with van der Waals surface area (Å²) in [6.07, 6.45) is -1.22. The van der Waals surface area contributed by atoms with Gasteiger partial charge in [-0.3, -0.25) is 0 Å². The number of benzene rings is 2. The fourth-order valence-corrected chi connectivity index (χ4v) is 3.64. The van der Waals surface area contributed by atoms with Gasteiger partial charge < -0.3 is 19.0 Å². The van der Waals surface area contributed by atoms with Gasteiger partial charge in [0.1, 0.15) is 11.5 Å². The van der Waals surface area contributed by atoms with E-state index in [4.69, 9.17) is 13.9 Å². The Hall–Kier alpha value is -2.80. The lowest BCUT2D eigenvalue weighted by atomic mass is 10.1. The van der Waals surface area contributed by atoms with E-state index in [1.165, 1.54) is 6.07 Å². The summed E-state index contributed by atoms with van der Waals surface area (Å²) in [6, 6.07) is 13.3. The zero-order chi connectivity index (χ0) is 23.2. The van der Waals surface area contributed by atoms with Crippen LogP contribution in [0.5, 0.6) is 11.5 Å². The minimum absolute atomic E-state index is 0.00370. The average molecular weight is 445 g/mol. The number of hydrogen-bond acceptors (Lipinski definition) is 6. The molecule has 6 nitrogen and oxygen atoms in total. The van der Waals surface area contributed by atoms with E-state index in [0.717, 1.165) is 0 Å². The Labute approximate surface area is 185 Å². The molecule has 1 N–H and O–H groups in total. The van der Waals surface area contributed by atoms with Crippen LogP contribution < -0.4 is 4.43 Å². The summed E-state index contributed by atoms with van der Waals surface area (Å²) in [5.74, 6) is -0.697. The van der Waals surface area contributed by atoms with Crippen LogP contribution in [0, 0.1) is 0 Å². The first-order chi connectivity index (χ1) is 14.4. The summed E-state index contributed by atoms with van der Waals surface area (Å²) in [6.45, 7) is 12.5. The normalized spacial score (nSPS) is 12.7.